The fraction of sp³-hybridized carbons (Fsp3) is 0.368. The van der Waals surface area contributed by atoms with Crippen LogP contribution in [0.15, 0.2) is 41.1 Å². The van der Waals surface area contributed by atoms with Gasteiger partial charge < -0.3 is 9.64 Å². The number of carbonyl (C=O) groups is 2. The highest BCUT2D eigenvalue weighted by atomic mass is 32.1. The molecule has 0 N–H and O–H groups in total. The van der Waals surface area contributed by atoms with Gasteiger partial charge >= 0.3 is 0 Å². The first-order chi connectivity index (χ1) is 11.6. The highest BCUT2D eigenvalue weighted by Gasteiger charge is 2.33. The van der Waals surface area contributed by atoms with Crippen LogP contribution in [0, 0.1) is 0 Å². The fourth-order valence-electron chi connectivity index (χ4n) is 3.12. The van der Waals surface area contributed by atoms with Gasteiger partial charge in [0.05, 0.1) is 6.04 Å². The van der Waals surface area contributed by atoms with Crippen molar-refractivity contribution >= 4 is 23.0 Å². The van der Waals surface area contributed by atoms with Gasteiger partial charge in [-0.25, -0.2) is 0 Å². The van der Waals surface area contributed by atoms with E-state index in [0.717, 1.165) is 19.4 Å². The summed E-state index contributed by atoms with van der Waals surface area (Å²) >= 11 is 1.65. The van der Waals surface area contributed by atoms with E-state index in [2.05, 4.69) is 11.4 Å². The van der Waals surface area contributed by atoms with Crippen molar-refractivity contribution in [2.45, 2.75) is 38.8 Å². The molecule has 0 radical (unpaired) electrons. The Balaban J connectivity index is 1.70. The van der Waals surface area contributed by atoms with Crippen molar-refractivity contribution in [2.24, 2.45) is 0 Å². The van der Waals surface area contributed by atoms with Crippen LogP contribution in [0.25, 0.3) is 0 Å². The normalized spacial score (nSPS) is 18.4. The molecule has 2 heterocycles. The van der Waals surface area contributed by atoms with Crippen molar-refractivity contribution in [1.82, 2.24) is 4.90 Å². The van der Waals surface area contributed by atoms with Crippen LogP contribution in [0.2, 0.25) is 0 Å². The van der Waals surface area contributed by atoms with Crippen LogP contribution in [0.4, 0.5) is 0 Å². The maximum absolute atomic E-state index is 12.8. The highest BCUT2D eigenvalue weighted by Crippen LogP contribution is 2.33. The second-order valence-corrected chi connectivity index (χ2v) is 6.87. The van der Waals surface area contributed by atoms with Gasteiger partial charge in [0.15, 0.2) is 11.9 Å². The molecule has 0 bridgehead atoms. The quantitative estimate of drug-likeness (QED) is 0.769. The summed E-state index contributed by atoms with van der Waals surface area (Å²) < 4.78 is 5.80. The van der Waals surface area contributed by atoms with Crippen molar-refractivity contribution < 1.29 is 14.3 Å². The average molecular weight is 343 g/mol. The minimum Gasteiger partial charge on any atom is -0.481 e. The molecule has 1 amide bonds. The van der Waals surface area contributed by atoms with E-state index in [0.29, 0.717) is 11.3 Å². The van der Waals surface area contributed by atoms with Crippen LogP contribution in [0.5, 0.6) is 5.75 Å². The van der Waals surface area contributed by atoms with Gasteiger partial charge in [-0.3, -0.25) is 9.59 Å². The number of Topliss-reactive ketones (excluding diaryl/α,β-unsaturated/α-hetero) is 1. The lowest BCUT2D eigenvalue weighted by atomic mass is 10.1. The zero-order valence-electron chi connectivity index (χ0n) is 13.9. The SMILES string of the molecule is CC(=O)c1cccc(O[C@H](C)C(=O)N2CCC[C@H]2c2ccsc2)c1. The second kappa shape index (κ2) is 7.18. The largest absolute Gasteiger partial charge is 0.481 e. The summed E-state index contributed by atoms with van der Waals surface area (Å²) in [5.41, 5.74) is 1.79. The highest BCUT2D eigenvalue weighted by molar-refractivity contribution is 7.08. The van der Waals surface area contributed by atoms with E-state index in [1.807, 2.05) is 10.3 Å². The molecular formula is C19H21NO3S. The van der Waals surface area contributed by atoms with Crippen LogP contribution in [-0.2, 0) is 4.79 Å². The molecule has 1 saturated heterocycles. The molecular weight excluding hydrogens is 322 g/mol. The topological polar surface area (TPSA) is 46.6 Å². The number of ether oxygens (including phenoxy) is 1. The Morgan fingerprint density at radius 3 is 2.88 bits per heavy atom. The van der Waals surface area contributed by atoms with Gasteiger partial charge in [0.1, 0.15) is 5.75 Å². The molecule has 1 aliphatic rings. The van der Waals surface area contributed by atoms with E-state index in [-0.39, 0.29) is 17.7 Å². The zero-order chi connectivity index (χ0) is 17.1. The summed E-state index contributed by atoms with van der Waals surface area (Å²) in [6.07, 6.45) is 1.43. The van der Waals surface area contributed by atoms with Gasteiger partial charge in [-0.2, -0.15) is 11.3 Å². The Morgan fingerprint density at radius 2 is 2.17 bits per heavy atom. The lowest BCUT2D eigenvalue weighted by molar-refractivity contribution is -0.138. The summed E-state index contributed by atoms with van der Waals surface area (Å²) in [7, 11) is 0. The molecule has 1 aliphatic heterocycles. The van der Waals surface area contributed by atoms with Gasteiger partial charge in [-0.15, -0.1) is 0 Å². The summed E-state index contributed by atoms with van der Waals surface area (Å²) in [5, 5.41) is 4.15. The van der Waals surface area contributed by atoms with Gasteiger partial charge in [0, 0.05) is 12.1 Å². The fourth-order valence-corrected chi connectivity index (χ4v) is 3.83. The lowest BCUT2D eigenvalue weighted by Gasteiger charge is -2.27. The molecule has 3 rings (SSSR count). The molecule has 1 aromatic carbocycles. The minimum atomic E-state index is -0.577. The molecule has 1 fully saturated rings. The summed E-state index contributed by atoms with van der Waals surface area (Å²) in [6.45, 7) is 4.05. The summed E-state index contributed by atoms with van der Waals surface area (Å²) in [6, 6.07) is 9.21. The van der Waals surface area contributed by atoms with Crippen molar-refractivity contribution in [3.8, 4) is 5.75 Å². The number of ketones is 1. The van der Waals surface area contributed by atoms with Crippen LogP contribution < -0.4 is 4.74 Å². The molecule has 1 aromatic heterocycles. The molecule has 0 spiro atoms. The number of nitrogens with zero attached hydrogens (tertiary/aromatic N) is 1. The molecule has 0 unspecified atom stereocenters. The molecule has 0 saturated carbocycles. The third-order valence-electron chi connectivity index (χ3n) is 4.37. The zero-order valence-corrected chi connectivity index (χ0v) is 14.7. The summed E-state index contributed by atoms with van der Waals surface area (Å²) in [5.74, 6) is 0.531. The number of amides is 1. The van der Waals surface area contributed by atoms with Gasteiger partial charge in [0.2, 0.25) is 0 Å². The molecule has 4 nitrogen and oxygen atoms in total. The number of hydrogen-bond acceptors (Lipinski definition) is 4. The van der Waals surface area contributed by atoms with E-state index >= 15 is 0 Å². The van der Waals surface area contributed by atoms with Crippen LogP contribution in [0.3, 0.4) is 0 Å². The average Bonchev–Trinajstić information content (AvgIpc) is 3.25. The maximum Gasteiger partial charge on any atom is 0.263 e. The number of likely N-dealkylation sites (tertiary alicyclic amines) is 1. The van der Waals surface area contributed by atoms with E-state index in [9.17, 15) is 9.59 Å². The molecule has 126 valence electrons. The Hall–Kier alpha value is -2.14. The maximum atomic E-state index is 12.8. The van der Waals surface area contributed by atoms with E-state index < -0.39 is 6.10 Å². The van der Waals surface area contributed by atoms with Crippen LogP contribution in [0.1, 0.15) is 48.7 Å². The van der Waals surface area contributed by atoms with Crippen LogP contribution >= 0.6 is 11.3 Å². The van der Waals surface area contributed by atoms with Gasteiger partial charge in [-0.05, 0) is 61.2 Å². The molecule has 0 aliphatic carbocycles. The Morgan fingerprint density at radius 1 is 1.33 bits per heavy atom. The first-order valence-electron chi connectivity index (χ1n) is 8.16. The summed E-state index contributed by atoms with van der Waals surface area (Å²) in [4.78, 5) is 26.2. The van der Waals surface area contributed by atoms with Crippen LogP contribution in [-0.4, -0.2) is 29.2 Å². The van der Waals surface area contributed by atoms with Crippen molar-refractivity contribution in [2.75, 3.05) is 6.54 Å². The number of benzene rings is 1. The van der Waals surface area contributed by atoms with Crippen molar-refractivity contribution in [1.29, 1.82) is 0 Å². The smallest absolute Gasteiger partial charge is 0.263 e. The third kappa shape index (κ3) is 3.51. The lowest BCUT2D eigenvalue weighted by Crippen LogP contribution is -2.40. The van der Waals surface area contributed by atoms with Gasteiger partial charge in [0.25, 0.3) is 5.91 Å². The number of hydrogen-bond donors (Lipinski definition) is 0. The van der Waals surface area contributed by atoms with Crippen molar-refractivity contribution in [3.63, 3.8) is 0 Å². The molecule has 2 atom stereocenters. The molecule has 2 aromatic rings. The second-order valence-electron chi connectivity index (χ2n) is 6.09. The van der Waals surface area contributed by atoms with Crippen molar-refractivity contribution in [3.05, 3.63) is 52.2 Å². The van der Waals surface area contributed by atoms with E-state index in [1.54, 1.807) is 42.5 Å². The Kier molecular flexibility index (Phi) is 5.00. The number of carbonyl (C=O) groups excluding carboxylic acids is 2. The third-order valence-corrected chi connectivity index (χ3v) is 5.07. The van der Waals surface area contributed by atoms with E-state index in [1.165, 1.54) is 12.5 Å². The Bertz CT molecular complexity index is 726. The molecule has 24 heavy (non-hydrogen) atoms. The standard InChI is InChI=1S/C19H21NO3S/c1-13(21)15-5-3-6-17(11-15)23-14(2)19(22)20-9-4-7-18(20)16-8-10-24-12-16/h3,5-6,8,10-12,14,18H,4,7,9H2,1-2H3/t14-,18+/m1/s1. The number of rotatable bonds is 5. The molecule has 5 heteroatoms. The monoisotopic (exact) mass is 343 g/mol. The van der Waals surface area contributed by atoms with E-state index in [4.69, 9.17) is 4.74 Å². The first-order valence-corrected chi connectivity index (χ1v) is 9.11. The number of thiophene rings is 1. The minimum absolute atomic E-state index is 0.00284. The first kappa shape index (κ1) is 16.7. The van der Waals surface area contributed by atoms with Gasteiger partial charge in [-0.1, -0.05) is 12.1 Å². The predicted molar refractivity (Wildman–Crippen MR) is 94.5 cm³/mol. The predicted octanol–water partition coefficient (Wildman–Crippen LogP) is 4.08. The Labute approximate surface area is 146 Å².